The average Bonchev–Trinajstić information content (AvgIpc) is 2.84. The highest BCUT2D eigenvalue weighted by Crippen LogP contribution is 2.34. The maximum Gasteiger partial charge on any atom is 0.141 e. The molecule has 1 aromatic carbocycles. The number of ether oxygens (including phenoxy) is 1. The first-order chi connectivity index (χ1) is 8.13. The summed E-state index contributed by atoms with van der Waals surface area (Å²) < 4.78 is 23.7. The van der Waals surface area contributed by atoms with E-state index in [1.54, 1.807) is 12.1 Å². The van der Waals surface area contributed by atoms with Crippen LogP contribution in [0.2, 0.25) is 0 Å². The first-order valence-electron chi connectivity index (χ1n) is 4.88. The van der Waals surface area contributed by atoms with E-state index in [1.165, 1.54) is 25.5 Å². The Morgan fingerprint density at radius 2 is 2.24 bits per heavy atom. The molecule has 0 fully saturated rings. The van der Waals surface area contributed by atoms with Crippen LogP contribution >= 0.6 is 15.9 Å². The lowest BCUT2D eigenvalue weighted by Crippen LogP contribution is -2.02. The zero-order valence-corrected chi connectivity index (χ0v) is 10.6. The van der Waals surface area contributed by atoms with Gasteiger partial charge in [0.2, 0.25) is 0 Å². The molecule has 17 heavy (non-hydrogen) atoms. The van der Waals surface area contributed by atoms with Gasteiger partial charge in [-0.3, -0.25) is 0 Å². The Morgan fingerprint density at radius 1 is 1.47 bits per heavy atom. The van der Waals surface area contributed by atoms with Gasteiger partial charge in [-0.25, -0.2) is 4.39 Å². The molecule has 2 aromatic rings. The molecule has 3 nitrogen and oxygen atoms in total. The first kappa shape index (κ1) is 12.1. The van der Waals surface area contributed by atoms with Crippen LogP contribution in [0.5, 0.6) is 5.75 Å². The van der Waals surface area contributed by atoms with Crippen LogP contribution in [-0.4, -0.2) is 12.2 Å². The van der Waals surface area contributed by atoms with Crippen molar-refractivity contribution in [3.8, 4) is 5.75 Å². The minimum atomic E-state index is -0.989. The van der Waals surface area contributed by atoms with Gasteiger partial charge in [0.1, 0.15) is 23.4 Å². The maximum absolute atomic E-state index is 13.3. The number of aliphatic hydroxyl groups excluding tert-OH is 1. The highest BCUT2D eigenvalue weighted by Gasteiger charge is 2.19. The van der Waals surface area contributed by atoms with Crippen molar-refractivity contribution in [2.24, 2.45) is 0 Å². The molecule has 0 radical (unpaired) electrons. The lowest BCUT2D eigenvalue weighted by molar-refractivity contribution is 0.184. The molecule has 0 aliphatic rings. The molecule has 0 saturated heterocycles. The van der Waals surface area contributed by atoms with Crippen molar-refractivity contribution < 1.29 is 18.7 Å². The Balaban J connectivity index is 2.47. The van der Waals surface area contributed by atoms with Gasteiger partial charge in [0.05, 0.1) is 17.8 Å². The van der Waals surface area contributed by atoms with E-state index in [2.05, 4.69) is 15.9 Å². The Bertz CT molecular complexity index is 511. The maximum atomic E-state index is 13.3. The summed E-state index contributed by atoms with van der Waals surface area (Å²) in [4.78, 5) is 0. The van der Waals surface area contributed by atoms with Crippen LogP contribution in [-0.2, 0) is 0 Å². The number of halogens is 2. The van der Waals surface area contributed by atoms with E-state index in [1.807, 2.05) is 0 Å². The number of methoxy groups -OCH3 is 1. The molecule has 1 aromatic heterocycles. The van der Waals surface area contributed by atoms with Gasteiger partial charge in [0.15, 0.2) is 0 Å². The number of hydrogen-bond acceptors (Lipinski definition) is 3. The van der Waals surface area contributed by atoms with E-state index in [0.29, 0.717) is 11.3 Å². The SMILES string of the molecule is COc1cc(F)c(Br)cc1C(O)c1ccco1. The molecule has 0 aliphatic heterocycles. The fourth-order valence-corrected chi connectivity index (χ4v) is 1.90. The third-order valence-electron chi connectivity index (χ3n) is 2.38. The summed E-state index contributed by atoms with van der Waals surface area (Å²) in [5.41, 5.74) is 0.440. The minimum Gasteiger partial charge on any atom is -0.496 e. The van der Waals surface area contributed by atoms with Gasteiger partial charge in [-0.2, -0.15) is 0 Å². The Morgan fingerprint density at radius 3 is 2.82 bits per heavy atom. The van der Waals surface area contributed by atoms with E-state index in [-0.39, 0.29) is 10.2 Å². The predicted molar refractivity (Wildman–Crippen MR) is 63.4 cm³/mol. The fraction of sp³-hybridized carbons (Fsp3) is 0.167. The Kier molecular flexibility index (Phi) is 3.49. The summed E-state index contributed by atoms with van der Waals surface area (Å²) in [6.45, 7) is 0. The second-order valence-corrected chi connectivity index (χ2v) is 4.28. The molecule has 0 spiro atoms. The largest absolute Gasteiger partial charge is 0.496 e. The number of rotatable bonds is 3. The normalized spacial score (nSPS) is 12.5. The lowest BCUT2D eigenvalue weighted by atomic mass is 10.1. The summed E-state index contributed by atoms with van der Waals surface area (Å²) in [6, 6.07) is 6.00. The van der Waals surface area contributed by atoms with Gasteiger partial charge in [-0.15, -0.1) is 0 Å². The predicted octanol–water partition coefficient (Wildman–Crippen LogP) is 3.27. The smallest absolute Gasteiger partial charge is 0.141 e. The summed E-state index contributed by atoms with van der Waals surface area (Å²) in [5.74, 6) is 0.202. The molecule has 1 heterocycles. The molecular formula is C12H10BrFO3. The Hall–Kier alpha value is -1.33. The van der Waals surface area contributed by atoms with Crippen molar-refractivity contribution in [3.63, 3.8) is 0 Å². The molecule has 1 N–H and O–H groups in total. The molecule has 1 unspecified atom stereocenters. The second-order valence-electron chi connectivity index (χ2n) is 3.43. The van der Waals surface area contributed by atoms with Crippen molar-refractivity contribution in [3.05, 3.63) is 52.1 Å². The fourth-order valence-electron chi connectivity index (χ4n) is 1.53. The van der Waals surface area contributed by atoms with Crippen molar-refractivity contribution in [1.82, 2.24) is 0 Å². The standard InChI is InChI=1S/C12H10BrFO3/c1-16-11-6-9(14)8(13)5-7(11)12(15)10-3-2-4-17-10/h2-6,12,15H,1H3. The molecule has 5 heteroatoms. The van der Waals surface area contributed by atoms with Crippen molar-refractivity contribution >= 4 is 15.9 Å². The summed E-state index contributed by atoms with van der Waals surface area (Å²) >= 11 is 3.07. The number of benzene rings is 1. The van der Waals surface area contributed by atoms with E-state index in [0.717, 1.165) is 0 Å². The van der Waals surface area contributed by atoms with E-state index in [9.17, 15) is 9.50 Å². The molecular weight excluding hydrogens is 291 g/mol. The van der Waals surface area contributed by atoms with Gasteiger partial charge in [-0.05, 0) is 34.1 Å². The van der Waals surface area contributed by atoms with Crippen LogP contribution < -0.4 is 4.74 Å². The van der Waals surface area contributed by atoms with E-state index in [4.69, 9.17) is 9.15 Å². The van der Waals surface area contributed by atoms with E-state index < -0.39 is 11.9 Å². The quantitative estimate of drug-likeness (QED) is 0.946. The highest BCUT2D eigenvalue weighted by molar-refractivity contribution is 9.10. The van der Waals surface area contributed by atoms with Gasteiger partial charge >= 0.3 is 0 Å². The Labute approximate surface area is 106 Å². The highest BCUT2D eigenvalue weighted by atomic mass is 79.9. The third kappa shape index (κ3) is 2.35. The molecule has 0 saturated carbocycles. The summed E-state index contributed by atoms with van der Waals surface area (Å²) in [6.07, 6.45) is 0.473. The summed E-state index contributed by atoms with van der Waals surface area (Å²) in [5, 5.41) is 10.1. The molecule has 0 amide bonds. The van der Waals surface area contributed by atoms with Gasteiger partial charge in [-0.1, -0.05) is 0 Å². The molecule has 0 bridgehead atoms. The zero-order valence-electron chi connectivity index (χ0n) is 8.98. The number of hydrogen-bond donors (Lipinski definition) is 1. The molecule has 90 valence electrons. The monoisotopic (exact) mass is 300 g/mol. The third-order valence-corrected chi connectivity index (χ3v) is 2.99. The van der Waals surface area contributed by atoms with Crippen LogP contribution in [0.4, 0.5) is 4.39 Å². The van der Waals surface area contributed by atoms with E-state index >= 15 is 0 Å². The van der Waals surface area contributed by atoms with Crippen molar-refractivity contribution in [2.75, 3.05) is 7.11 Å². The van der Waals surface area contributed by atoms with Crippen LogP contribution in [0.25, 0.3) is 0 Å². The number of furan rings is 1. The molecule has 2 rings (SSSR count). The van der Waals surface area contributed by atoms with Gasteiger partial charge < -0.3 is 14.3 Å². The number of aliphatic hydroxyl groups is 1. The van der Waals surface area contributed by atoms with Crippen LogP contribution in [0.3, 0.4) is 0 Å². The van der Waals surface area contributed by atoms with Crippen LogP contribution in [0.1, 0.15) is 17.4 Å². The lowest BCUT2D eigenvalue weighted by Gasteiger charge is -2.13. The topological polar surface area (TPSA) is 42.6 Å². The summed E-state index contributed by atoms with van der Waals surface area (Å²) in [7, 11) is 1.42. The first-order valence-corrected chi connectivity index (χ1v) is 5.67. The average molecular weight is 301 g/mol. The van der Waals surface area contributed by atoms with Gasteiger partial charge in [0, 0.05) is 11.6 Å². The van der Waals surface area contributed by atoms with Crippen LogP contribution in [0, 0.1) is 5.82 Å². The van der Waals surface area contributed by atoms with Crippen molar-refractivity contribution in [1.29, 1.82) is 0 Å². The molecule has 0 aliphatic carbocycles. The van der Waals surface area contributed by atoms with Crippen LogP contribution in [0.15, 0.2) is 39.4 Å². The second kappa shape index (κ2) is 4.89. The minimum absolute atomic E-state index is 0.263. The zero-order chi connectivity index (χ0) is 12.4. The van der Waals surface area contributed by atoms with Crippen molar-refractivity contribution in [2.45, 2.75) is 6.10 Å². The molecule has 1 atom stereocenters. The van der Waals surface area contributed by atoms with Gasteiger partial charge in [0.25, 0.3) is 0 Å².